The van der Waals surface area contributed by atoms with Crippen molar-refractivity contribution >= 4 is 29.5 Å². The smallest absolute Gasteiger partial charge is 0.271 e. The number of imidazole rings is 1. The molecule has 3 aliphatic rings. The van der Waals surface area contributed by atoms with Gasteiger partial charge in [-0.05, 0) is 60.6 Å². The zero-order valence-corrected chi connectivity index (χ0v) is 19.8. The molecule has 178 valence electrons. The van der Waals surface area contributed by atoms with Gasteiger partial charge in [0.1, 0.15) is 11.5 Å². The van der Waals surface area contributed by atoms with Crippen LogP contribution in [0.4, 0.5) is 11.5 Å². The van der Waals surface area contributed by atoms with Gasteiger partial charge >= 0.3 is 0 Å². The molecule has 4 heterocycles. The highest BCUT2D eigenvalue weighted by Gasteiger charge is 2.51. The highest BCUT2D eigenvalue weighted by atomic mass is 16.2. The van der Waals surface area contributed by atoms with Crippen molar-refractivity contribution in [2.24, 2.45) is 16.8 Å². The topological polar surface area (TPSA) is 118 Å². The van der Waals surface area contributed by atoms with E-state index in [-0.39, 0.29) is 17.7 Å². The first-order valence-electron chi connectivity index (χ1n) is 11.9. The maximum absolute atomic E-state index is 12.8. The number of pyridine rings is 1. The van der Waals surface area contributed by atoms with Crippen LogP contribution in [0.2, 0.25) is 0 Å². The standard InChI is InChI=1S/C26H27N7O2/c1-14-5-23(27)30-15(2)20(14)8-29-25(34)22-13-32-11-17-4-3-16(6-21(17)28-9-24(32)31-22)10-33-12-18-7-19(18)26(33)35/h3-6,9,13,18-19H,7-8,10-12H2,1-2H3,(H2,27,30)(H,29,34). The number of fused-ring (bicyclic) bond motifs is 3. The van der Waals surface area contributed by atoms with Crippen LogP contribution in [0.1, 0.15) is 50.7 Å². The summed E-state index contributed by atoms with van der Waals surface area (Å²) in [5.41, 5.74) is 11.9. The maximum Gasteiger partial charge on any atom is 0.271 e. The van der Waals surface area contributed by atoms with Gasteiger partial charge in [0.2, 0.25) is 5.91 Å². The Labute approximate surface area is 203 Å². The van der Waals surface area contributed by atoms with Crippen LogP contribution < -0.4 is 11.1 Å². The Bertz CT molecular complexity index is 1380. The average molecular weight is 470 g/mol. The summed E-state index contributed by atoms with van der Waals surface area (Å²) in [6, 6.07) is 7.97. The second-order valence-corrected chi connectivity index (χ2v) is 9.77. The number of rotatable bonds is 5. The molecule has 0 bridgehead atoms. The summed E-state index contributed by atoms with van der Waals surface area (Å²) >= 11 is 0. The number of hydrogen-bond acceptors (Lipinski definition) is 6. The molecule has 2 atom stereocenters. The monoisotopic (exact) mass is 469 g/mol. The third-order valence-electron chi connectivity index (χ3n) is 7.23. The van der Waals surface area contributed by atoms with Crippen LogP contribution >= 0.6 is 0 Å². The molecule has 1 aliphatic carbocycles. The van der Waals surface area contributed by atoms with Crippen molar-refractivity contribution in [3.05, 3.63) is 69.9 Å². The Balaban J connectivity index is 1.15. The molecule has 9 nitrogen and oxygen atoms in total. The van der Waals surface area contributed by atoms with E-state index in [4.69, 9.17) is 5.73 Å². The number of aliphatic imine (C=N–C) groups is 1. The molecule has 2 unspecified atom stereocenters. The van der Waals surface area contributed by atoms with Gasteiger partial charge in [-0.15, -0.1) is 0 Å². The van der Waals surface area contributed by atoms with Crippen molar-refractivity contribution in [3.63, 3.8) is 0 Å². The molecule has 1 saturated heterocycles. The van der Waals surface area contributed by atoms with E-state index in [0.29, 0.717) is 42.9 Å². The summed E-state index contributed by atoms with van der Waals surface area (Å²) in [4.78, 5) is 40.5. The lowest BCUT2D eigenvalue weighted by Crippen LogP contribution is -2.27. The number of nitrogens with zero attached hydrogens (tertiary/aromatic N) is 5. The van der Waals surface area contributed by atoms with Crippen molar-refractivity contribution in [1.29, 1.82) is 0 Å². The van der Waals surface area contributed by atoms with Crippen LogP contribution in [-0.4, -0.2) is 44.0 Å². The summed E-state index contributed by atoms with van der Waals surface area (Å²) in [5.74, 6) is 1.98. The third-order valence-corrected chi connectivity index (χ3v) is 7.23. The van der Waals surface area contributed by atoms with Gasteiger partial charge in [-0.1, -0.05) is 12.1 Å². The van der Waals surface area contributed by atoms with E-state index >= 15 is 0 Å². The number of nitrogens with one attached hydrogen (secondary N) is 1. The molecule has 0 spiro atoms. The van der Waals surface area contributed by atoms with Gasteiger partial charge in [-0.2, -0.15) is 0 Å². The van der Waals surface area contributed by atoms with E-state index in [1.54, 1.807) is 18.5 Å². The summed E-state index contributed by atoms with van der Waals surface area (Å²) < 4.78 is 1.93. The van der Waals surface area contributed by atoms with Crippen LogP contribution in [0.25, 0.3) is 0 Å². The number of aromatic nitrogens is 3. The van der Waals surface area contributed by atoms with Gasteiger partial charge in [0, 0.05) is 37.4 Å². The summed E-state index contributed by atoms with van der Waals surface area (Å²) in [7, 11) is 0. The molecule has 2 amide bonds. The number of carbonyl (C=O) groups is 2. The Morgan fingerprint density at radius 2 is 2.09 bits per heavy atom. The lowest BCUT2D eigenvalue weighted by atomic mass is 10.1. The minimum Gasteiger partial charge on any atom is -0.384 e. The first-order chi connectivity index (χ1) is 16.9. The van der Waals surface area contributed by atoms with Crippen molar-refractivity contribution in [3.8, 4) is 0 Å². The highest BCUT2D eigenvalue weighted by Crippen LogP contribution is 2.46. The van der Waals surface area contributed by atoms with Crippen LogP contribution in [0.5, 0.6) is 0 Å². The molecular formula is C26H27N7O2. The zero-order valence-electron chi connectivity index (χ0n) is 19.8. The molecule has 6 rings (SSSR count). The predicted octanol–water partition coefficient (Wildman–Crippen LogP) is 2.50. The lowest BCUT2D eigenvalue weighted by Gasteiger charge is -2.18. The maximum atomic E-state index is 12.8. The second-order valence-electron chi connectivity index (χ2n) is 9.77. The summed E-state index contributed by atoms with van der Waals surface area (Å²) in [6.07, 6.45) is 4.52. The quantitative estimate of drug-likeness (QED) is 0.466. The predicted molar refractivity (Wildman–Crippen MR) is 131 cm³/mol. The van der Waals surface area contributed by atoms with Gasteiger partial charge in [-0.3, -0.25) is 14.6 Å². The van der Waals surface area contributed by atoms with E-state index in [9.17, 15) is 9.59 Å². The lowest BCUT2D eigenvalue weighted by molar-refractivity contribution is -0.130. The number of benzene rings is 1. The number of hydrogen-bond donors (Lipinski definition) is 2. The molecule has 35 heavy (non-hydrogen) atoms. The average Bonchev–Trinajstić information content (AvgIpc) is 3.42. The van der Waals surface area contributed by atoms with E-state index in [2.05, 4.69) is 38.5 Å². The van der Waals surface area contributed by atoms with Crippen LogP contribution in [-0.2, 0) is 24.4 Å². The SMILES string of the molecule is Cc1cc(N)nc(C)c1CNC(=O)c1cn2c(n1)C=Nc1cc(CN3CC4CC4C3=O)ccc1C2. The summed E-state index contributed by atoms with van der Waals surface area (Å²) in [5, 5.41) is 2.94. The van der Waals surface area contributed by atoms with Crippen molar-refractivity contribution in [1.82, 2.24) is 24.8 Å². The highest BCUT2D eigenvalue weighted by molar-refractivity contribution is 5.93. The van der Waals surface area contributed by atoms with Crippen molar-refractivity contribution in [2.45, 2.75) is 39.9 Å². The molecule has 3 aromatic rings. The number of nitrogens with two attached hydrogens (primary N) is 1. The fraction of sp³-hybridized carbons (Fsp3) is 0.346. The van der Waals surface area contributed by atoms with E-state index < -0.39 is 0 Å². The minimum absolute atomic E-state index is 0.251. The number of likely N-dealkylation sites (tertiary alicyclic amines) is 1. The molecule has 9 heteroatoms. The fourth-order valence-electron chi connectivity index (χ4n) is 5.18. The number of aryl methyl sites for hydroxylation is 2. The third kappa shape index (κ3) is 3.96. The van der Waals surface area contributed by atoms with Crippen LogP contribution in [0.15, 0.2) is 35.5 Å². The van der Waals surface area contributed by atoms with Gasteiger partial charge in [0.25, 0.3) is 5.91 Å². The van der Waals surface area contributed by atoms with Gasteiger partial charge < -0.3 is 20.5 Å². The number of amides is 2. The number of nitrogen functional groups attached to an aromatic ring is 1. The molecule has 1 saturated carbocycles. The van der Waals surface area contributed by atoms with Gasteiger partial charge in [0.05, 0.1) is 18.4 Å². The van der Waals surface area contributed by atoms with E-state index in [0.717, 1.165) is 46.6 Å². The number of piperidine rings is 1. The van der Waals surface area contributed by atoms with E-state index in [1.165, 1.54) is 0 Å². The second kappa shape index (κ2) is 8.04. The molecule has 2 aliphatic heterocycles. The van der Waals surface area contributed by atoms with Crippen molar-refractivity contribution in [2.75, 3.05) is 12.3 Å². The molecule has 2 aromatic heterocycles. The molecular weight excluding hydrogens is 442 g/mol. The Hall–Kier alpha value is -4.01. The van der Waals surface area contributed by atoms with Gasteiger partial charge in [0.15, 0.2) is 5.82 Å². The first kappa shape index (κ1) is 21.5. The van der Waals surface area contributed by atoms with Gasteiger partial charge in [-0.25, -0.2) is 9.97 Å². The molecule has 2 fully saturated rings. The Morgan fingerprint density at radius 3 is 2.86 bits per heavy atom. The fourth-order valence-corrected chi connectivity index (χ4v) is 5.18. The normalized spacial score (nSPS) is 19.7. The Kier molecular flexibility index (Phi) is 4.94. The number of carbonyl (C=O) groups excluding carboxylic acids is 2. The molecule has 3 N–H and O–H groups in total. The summed E-state index contributed by atoms with van der Waals surface area (Å²) in [6.45, 7) is 6.26. The zero-order chi connectivity index (χ0) is 24.3. The Morgan fingerprint density at radius 1 is 1.23 bits per heavy atom. The first-order valence-corrected chi connectivity index (χ1v) is 11.9. The van der Waals surface area contributed by atoms with Crippen LogP contribution in [0, 0.1) is 25.7 Å². The molecule has 0 radical (unpaired) electrons. The van der Waals surface area contributed by atoms with E-state index in [1.807, 2.05) is 23.3 Å². The largest absolute Gasteiger partial charge is 0.384 e. The molecule has 1 aromatic carbocycles. The number of anilines is 1. The van der Waals surface area contributed by atoms with Crippen LogP contribution in [0.3, 0.4) is 0 Å². The minimum atomic E-state index is -0.251. The van der Waals surface area contributed by atoms with Crippen molar-refractivity contribution < 1.29 is 9.59 Å².